The maximum Gasteiger partial charge on any atom is 0.244 e. The molecule has 108 valence electrons. The lowest BCUT2D eigenvalue weighted by atomic mass is 10.2. The highest BCUT2D eigenvalue weighted by Gasteiger charge is 2.30. The van der Waals surface area contributed by atoms with Crippen LogP contribution in [0.1, 0.15) is 12.5 Å². The second kappa shape index (κ2) is 6.37. The molecule has 1 atom stereocenters. The molecule has 20 heavy (non-hydrogen) atoms. The van der Waals surface area contributed by atoms with E-state index in [0.29, 0.717) is 25.3 Å². The van der Waals surface area contributed by atoms with Gasteiger partial charge >= 0.3 is 0 Å². The number of benzene rings is 1. The van der Waals surface area contributed by atoms with Crippen molar-refractivity contribution in [2.45, 2.75) is 17.9 Å². The topological polar surface area (TPSA) is 66.8 Å². The number of hydrogen-bond acceptors (Lipinski definition) is 4. The zero-order valence-corrected chi connectivity index (χ0v) is 12.1. The second-order valence-electron chi connectivity index (χ2n) is 4.50. The first-order chi connectivity index (χ1) is 9.55. The molecule has 1 aliphatic rings. The number of nitrogens with zero attached hydrogens (tertiary/aromatic N) is 1. The maximum absolute atomic E-state index is 12.7. The molecule has 1 unspecified atom stereocenters. The standard InChI is InChI=1S/C14H17NO4S/c1-12-11-15(8-10-19-12)20(17,18)14-7-3-2-5-13(14)6-4-9-16/h2-3,5,7,12,16H,8-11H2,1H3. The van der Waals surface area contributed by atoms with Crippen LogP contribution in [-0.4, -0.2) is 50.2 Å². The monoisotopic (exact) mass is 295 g/mol. The molecule has 1 saturated heterocycles. The van der Waals surface area contributed by atoms with Crippen LogP contribution in [0.3, 0.4) is 0 Å². The summed E-state index contributed by atoms with van der Waals surface area (Å²) in [4.78, 5) is 0.176. The second-order valence-corrected chi connectivity index (χ2v) is 6.41. The van der Waals surface area contributed by atoms with Gasteiger partial charge in [0, 0.05) is 18.7 Å². The van der Waals surface area contributed by atoms with Gasteiger partial charge in [0.2, 0.25) is 10.0 Å². The van der Waals surface area contributed by atoms with Gasteiger partial charge in [-0.05, 0) is 19.1 Å². The van der Waals surface area contributed by atoms with Crippen LogP contribution in [0.25, 0.3) is 0 Å². The predicted molar refractivity (Wildman–Crippen MR) is 74.6 cm³/mol. The molecule has 0 aliphatic carbocycles. The van der Waals surface area contributed by atoms with E-state index in [0.717, 1.165) is 0 Å². The lowest BCUT2D eigenvalue weighted by Gasteiger charge is -2.30. The first-order valence-corrected chi connectivity index (χ1v) is 7.80. The summed E-state index contributed by atoms with van der Waals surface area (Å²) >= 11 is 0. The fraction of sp³-hybridized carbons (Fsp3) is 0.429. The van der Waals surface area contributed by atoms with Crippen LogP contribution in [-0.2, 0) is 14.8 Å². The van der Waals surface area contributed by atoms with Gasteiger partial charge in [-0.1, -0.05) is 24.0 Å². The van der Waals surface area contributed by atoms with Crippen molar-refractivity contribution in [2.24, 2.45) is 0 Å². The van der Waals surface area contributed by atoms with Gasteiger partial charge in [-0.3, -0.25) is 0 Å². The molecule has 0 aromatic heterocycles. The van der Waals surface area contributed by atoms with Crippen LogP contribution in [0.4, 0.5) is 0 Å². The van der Waals surface area contributed by atoms with Crippen molar-refractivity contribution >= 4 is 10.0 Å². The summed E-state index contributed by atoms with van der Waals surface area (Å²) in [5, 5.41) is 8.75. The Bertz CT molecular complexity index is 630. The summed E-state index contributed by atoms with van der Waals surface area (Å²) in [5.74, 6) is 5.17. The minimum absolute atomic E-state index is 0.116. The van der Waals surface area contributed by atoms with Crippen molar-refractivity contribution in [3.63, 3.8) is 0 Å². The quantitative estimate of drug-likeness (QED) is 0.804. The molecule has 1 aromatic carbocycles. The van der Waals surface area contributed by atoms with E-state index in [-0.39, 0.29) is 17.6 Å². The van der Waals surface area contributed by atoms with Crippen LogP contribution in [0, 0.1) is 11.8 Å². The zero-order chi connectivity index (χ0) is 14.6. The van der Waals surface area contributed by atoms with Crippen LogP contribution >= 0.6 is 0 Å². The van der Waals surface area contributed by atoms with Gasteiger partial charge < -0.3 is 9.84 Å². The molecule has 1 fully saturated rings. The van der Waals surface area contributed by atoms with Crippen molar-refractivity contribution < 1.29 is 18.3 Å². The van der Waals surface area contributed by atoms with Crippen LogP contribution < -0.4 is 0 Å². The predicted octanol–water partition coefficient (Wildman–Crippen LogP) is 0.440. The highest BCUT2D eigenvalue weighted by Crippen LogP contribution is 2.21. The van der Waals surface area contributed by atoms with Gasteiger partial charge in [0.05, 0.1) is 17.6 Å². The van der Waals surface area contributed by atoms with E-state index >= 15 is 0 Å². The fourth-order valence-electron chi connectivity index (χ4n) is 2.07. The highest BCUT2D eigenvalue weighted by molar-refractivity contribution is 7.89. The first kappa shape index (κ1) is 15.0. The van der Waals surface area contributed by atoms with Gasteiger partial charge in [-0.2, -0.15) is 4.31 Å². The minimum atomic E-state index is -3.59. The number of ether oxygens (including phenoxy) is 1. The Kier molecular flexibility index (Phi) is 4.78. The van der Waals surface area contributed by atoms with Crippen LogP contribution in [0.15, 0.2) is 29.2 Å². The highest BCUT2D eigenvalue weighted by atomic mass is 32.2. The Hall–Kier alpha value is -1.39. The van der Waals surface area contributed by atoms with E-state index in [1.54, 1.807) is 18.2 Å². The van der Waals surface area contributed by atoms with E-state index in [1.165, 1.54) is 10.4 Å². The third-order valence-electron chi connectivity index (χ3n) is 3.01. The van der Waals surface area contributed by atoms with Gasteiger partial charge in [0.25, 0.3) is 0 Å². The Morgan fingerprint density at radius 2 is 2.20 bits per heavy atom. The minimum Gasteiger partial charge on any atom is -0.384 e. The van der Waals surface area contributed by atoms with Crippen LogP contribution in [0.5, 0.6) is 0 Å². The average molecular weight is 295 g/mol. The molecule has 0 radical (unpaired) electrons. The molecule has 0 bridgehead atoms. The Labute approximate surface area is 119 Å². The lowest BCUT2D eigenvalue weighted by molar-refractivity contribution is 0.0102. The summed E-state index contributed by atoms with van der Waals surface area (Å²) in [6.07, 6.45) is -0.116. The molecule has 0 amide bonds. The summed E-state index contributed by atoms with van der Waals surface area (Å²) in [6.45, 7) is 2.62. The van der Waals surface area contributed by atoms with Crippen molar-refractivity contribution in [1.82, 2.24) is 4.31 Å². The third kappa shape index (κ3) is 3.19. The molecule has 6 heteroatoms. The van der Waals surface area contributed by atoms with E-state index < -0.39 is 10.0 Å². The Morgan fingerprint density at radius 3 is 2.90 bits per heavy atom. The first-order valence-electron chi connectivity index (χ1n) is 6.36. The van der Waals surface area contributed by atoms with Crippen molar-refractivity contribution in [3.05, 3.63) is 29.8 Å². The number of morpholine rings is 1. The molecule has 1 heterocycles. The molecule has 5 nitrogen and oxygen atoms in total. The normalized spacial score (nSPS) is 20.2. The van der Waals surface area contributed by atoms with E-state index in [9.17, 15) is 8.42 Å². The summed E-state index contributed by atoms with van der Waals surface area (Å²) in [7, 11) is -3.59. The van der Waals surface area contributed by atoms with Crippen LogP contribution in [0.2, 0.25) is 0 Å². The average Bonchev–Trinajstić information content (AvgIpc) is 2.45. The lowest BCUT2D eigenvalue weighted by Crippen LogP contribution is -2.44. The SMILES string of the molecule is CC1CN(S(=O)(=O)c2ccccc2C#CCO)CCO1. The number of aliphatic hydroxyl groups excluding tert-OH is 1. The van der Waals surface area contributed by atoms with E-state index in [1.807, 2.05) is 6.92 Å². The van der Waals surface area contributed by atoms with Gasteiger partial charge in [-0.15, -0.1) is 0 Å². The van der Waals surface area contributed by atoms with Crippen molar-refractivity contribution in [2.75, 3.05) is 26.3 Å². The van der Waals surface area contributed by atoms with Gasteiger partial charge in [-0.25, -0.2) is 8.42 Å². The number of sulfonamides is 1. The number of hydrogen-bond donors (Lipinski definition) is 1. The molecule has 1 aliphatic heterocycles. The molecule has 2 rings (SSSR count). The Balaban J connectivity index is 2.39. The van der Waals surface area contributed by atoms with Gasteiger partial charge in [0.15, 0.2) is 0 Å². The summed E-state index contributed by atoms with van der Waals surface area (Å²) < 4.78 is 32.1. The number of rotatable bonds is 2. The molecule has 1 N–H and O–H groups in total. The third-order valence-corrected chi connectivity index (χ3v) is 4.93. The van der Waals surface area contributed by atoms with Gasteiger partial charge in [0.1, 0.15) is 6.61 Å². The molecule has 0 spiro atoms. The number of aliphatic hydroxyl groups is 1. The van der Waals surface area contributed by atoms with Crippen molar-refractivity contribution in [3.8, 4) is 11.8 Å². The molecule has 0 saturated carbocycles. The summed E-state index contributed by atoms with van der Waals surface area (Å²) in [6, 6.07) is 6.57. The molecular weight excluding hydrogens is 278 g/mol. The summed E-state index contributed by atoms with van der Waals surface area (Å²) in [5.41, 5.74) is 0.403. The largest absolute Gasteiger partial charge is 0.384 e. The zero-order valence-electron chi connectivity index (χ0n) is 11.2. The fourth-order valence-corrected chi connectivity index (χ4v) is 3.72. The molecular formula is C14H17NO4S. The molecule has 1 aromatic rings. The Morgan fingerprint density at radius 1 is 1.45 bits per heavy atom. The van der Waals surface area contributed by atoms with E-state index in [2.05, 4.69) is 11.8 Å². The smallest absolute Gasteiger partial charge is 0.244 e. The maximum atomic E-state index is 12.7. The van der Waals surface area contributed by atoms with E-state index in [4.69, 9.17) is 9.84 Å². The van der Waals surface area contributed by atoms with Crippen molar-refractivity contribution in [1.29, 1.82) is 0 Å².